The summed E-state index contributed by atoms with van der Waals surface area (Å²) in [7, 11) is 0. The van der Waals surface area contributed by atoms with Gasteiger partial charge in [-0.25, -0.2) is 0 Å². The minimum absolute atomic E-state index is 0.179. The molecule has 15 heavy (non-hydrogen) atoms. The molecule has 0 aliphatic heterocycles. The summed E-state index contributed by atoms with van der Waals surface area (Å²) in [5.41, 5.74) is 0. The number of aliphatic hydroxyl groups excluding tert-OH is 2. The van der Waals surface area contributed by atoms with Gasteiger partial charge < -0.3 is 14.6 Å². The Labute approximate surface area is 89.1 Å². The first-order valence-electron chi connectivity index (χ1n) is 5.35. The molecule has 1 aliphatic carbocycles. The maximum absolute atomic E-state index is 9.41. The molecule has 0 spiro atoms. The van der Waals surface area contributed by atoms with Crippen molar-refractivity contribution in [3.8, 4) is 0 Å². The lowest BCUT2D eigenvalue weighted by atomic mass is 10.3. The van der Waals surface area contributed by atoms with Gasteiger partial charge in [-0.1, -0.05) is 0 Å². The van der Waals surface area contributed by atoms with Crippen molar-refractivity contribution in [3.05, 3.63) is 24.2 Å². The average Bonchev–Trinajstić information content (AvgIpc) is 2.97. The van der Waals surface area contributed by atoms with Crippen LogP contribution in [0.3, 0.4) is 0 Å². The Morgan fingerprint density at radius 1 is 1.53 bits per heavy atom. The maximum Gasteiger partial charge on any atom is 0.117 e. The van der Waals surface area contributed by atoms with Crippen LogP contribution in [0.25, 0.3) is 0 Å². The van der Waals surface area contributed by atoms with Crippen LogP contribution in [0.2, 0.25) is 0 Å². The van der Waals surface area contributed by atoms with Crippen molar-refractivity contribution in [1.29, 1.82) is 0 Å². The summed E-state index contributed by atoms with van der Waals surface area (Å²) >= 11 is 0. The van der Waals surface area contributed by atoms with Gasteiger partial charge in [-0.05, 0) is 25.0 Å². The number of furan rings is 1. The number of hydrogen-bond donors (Lipinski definition) is 2. The van der Waals surface area contributed by atoms with Crippen LogP contribution < -0.4 is 0 Å². The van der Waals surface area contributed by atoms with E-state index >= 15 is 0 Å². The third-order valence-corrected chi connectivity index (χ3v) is 2.66. The second kappa shape index (κ2) is 4.79. The van der Waals surface area contributed by atoms with Crippen molar-refractivity contribution in [2.75, 3.05) is 13.2 Å². The molecule has 1 atom stereocenters. The SMILES string of the molecule is OCC(O)CN(Cc1ccco1)C1CC1. The highest BCUT2D eigenvalue weighted by Crippen LogP contribution is 2.28. The van der Waals surface area contributed by atoms with E-state index in [2.05, 4.69) is 4.90 Å². The summed E-state index contributed by atoms with van der Waals surface area (Å²) in [5.74, 6) is 0.909. The topological polar surface area (TPSA) is 56.8 Å². The predicted octanol–water partition coefficient (Wildman–Crippen LogP) is 0.597. The predicted molar refractivity (Wildman–Crippen MR) is 55.2 cm³/mol. The summed E-state index contributed by atoms with van der Waals surface area (Å²) in [6.45, 7) is 1.05. The first kappa shape index (κ1) is 10.7. The van der Waals surface area contributed by atoms with E-state index in [9.17, 15) is 5.11 Å². The molecule has 0 radical (unpaired) electrons. The fourth-order valence-corrected chi connectivity index (χ4v) is 1.71. The van der Waals surface area contributed by atoms with Gasteiger partial charge in [0.2, 0.25) is 0 Å². The Morgan fingerprint density at radius 2 is 2.33 bits per heavy atom. The van der Waals surface area contributed by atoms with Gasteiger partial charge in [0.25, 0.3) is 0 Å². The molecular weight excluding hydrogens is 194 g/mol. The first-order chi connectivity index (χ1) is 7.29. The van der Waals surface area contributed by atoms with E-state index in [1.807, 2.05) is 12.1 Å². The largest absolute Gasteiger partial charge is 0.468 e. The molecule has 84 valence electrons. The van der Waals surface area contributed by atoms with Crippen LogP contribution in [0.15, 0.2) is 22.8 Å². The number of hydrogen-bond acceptors (Lipinski definition) is 4. The average molecular weight is 211 g/mol. The van der Waals surface area contributed by atoms with Crippen molar-refractivity contribution < 1.29 is 14.6 Å². The lowest BCUT2D eigenvalue weighted by molar-refractivity contribution is 0.0519. The Hall–Kier alpha value is -0.840. The van der Waals surface area contributed by atoms with E-state index in [1.54, 1.807) is 6.26 Å². The molecule has 1 aromatic rings. The zero-order valence-corrected chi connectivity index (χ0v) is 8.67. The molecule has 0 bridgehead atoms. The summed E-state index contributed by atoms with van der Waals surface area (Å²) in [5, 5.41) is 18.2. The van der Waals surface area contributed by atoms with Gasteiger partial charge in [-0.15, -0.1) is 0 Å². The summed E-state index contributed by atoms with van der Waals surface area (Å²) in [6, 6.07) is 4.35. The van der Waals surface area contributed by atoms with Gasteiger partial charge in [0, 0.05) is 12.6 Å². The van der Waals surface area contributed by atoms with Gasteiger partial charge in [0.05, 0.1) is 25.5 Å². The molecule has 1 fully saturated rings. The van der Waals surface area contributed by atoms with E-state index in [0.29, 0.717) is 19.1 Å². The van der Waals surface area contributed by atoms with Crippen LogP contribution in [0.5, 0.6) is 0 Å². The highest BCUT2D eigenvalue weighted by molar-refractivity contribution is 5.00. The molecule has 0 saturated heterocycles. The monoisotopic (exact) mass is 211 g/mol. The van der Waals surface area contributed by atoms with Gasteiger partial charge in [-0.3, -0.25) is 4.90 Å². The third-order valence-electron chi connectivity index (χ3n) is 2.66. The maximum atomic E-state index is 9.41. The van der Waals surface area contributed by atoms with E-state index < -0.39 is 6.10 Å². The third kappa shape index (κ3) is 3.06. The Balaban J connectivity index is 1.88. The van der Waals surface area contributed by atoms with Crippen LogP contribution in [-0.4, -0.2) is 40.4 Å². The molecule has 0 aromatic carbocycles. The van der Waals surface area contributed by atoms with Gasteiger partial charge in [-0.2, -0.15) is 0 Å². The highest BCUT2D eigenvalue weighted by atomic mass is 16.3. The van der Waals surface area contributed by atoms with Crippen LogP contribution in [0, 0.1) is 0 Å². The molecule has 1 unspecified atom stereocenters. The Morgan fingerprint density at radius 3 is 2.87 bits per heavy atom. The summed E-state index contributed by atoms with van der Waals surface area (Å²) in [6.07, 6.45) is 3.36. The molecule has 1 heterocycles. The number of rotatable bonds is 6. The smallest absolute Gasteiger partial charge is 0.117 e. The van der Waals surface area contributed by atoms with Crippen LogP contribution in [-0.2, 0) is 6.54 Å². The van der Waals surface area contributed by atoms with Crippen molar-refractivity contribution in [3.63, 3.8) is 0 Å². The second-order valence-electron chi connectivity index (χ2n) is 4.08. The lowest BCUT2D eigenvalue weighted by Crippen LogP contribution is -2.35. The zero-order chi connectivity index (χ0) is 10.7. The van der Waals surface area contributed by atoms with E-state index in [-0.39, 0.29) is 6.61 Å². The molecule has 2 rings (SSSR count). The van der Waals surface area contributed by atoms with Crippen molar-refractivity contribution in [1.82, 2.24) is 4.90 Å². The molecule has 1 aliphatic rings. The molecule has 1 saturated carbocycles. The van der Waals surface area contributed by atoms with Crippen LogP contribution >= 0.6 is 0 Å². The first-order valence-corrected chi connectivity index (χ1v) is 5.35. The summed E-state index contributed by atoms with van der Waals surface area (Å²) in [4.78, 5) is 2.17. The van der Waals surface area contributed by atoms with E-state index in [4.69, 9.17) is 9.52 Å². The molecule has 1 aromatic heterocycles. The molecule has 4 heteroatoms. The van der Waals surface area contributed by atoms with Crippen molar-refractivity contribution >= 4 is 0 Å². The fraction of sp³-hybridized carbons (Fsp3) is 0.636. The quantitative estimate of drug-likeness (QED) is 0.723. The minimum Gasteiger partial charge on any atom is -0.468 e. The standard InChI is InChI=1S/C11H17NO3/c13-8-10(14)6-12(9-3-4-9)7-11-2-1-5-15-11/h1-2,5,9-10,13-14H,3-4,6-8H2. The minimum atomic E-state index is -0.652. The van der Waals surface area contributed by atoms with E-state index in [0.717, 1.165) is 5.76 Å². The highest BCUT2D eigenvalue weighted by Gasteiger charge is 2.30. The Bertz CT molecular complexity index is 282. The van der Waals surface area contributed by atoms with Crippen molar-refractivity contribution in [2.24, 2.45) is 0 Å². The second-order valence-corrected chi connectivity index (χ2v) is 4.08. The zero-order valence-electron chi connectivity index (χ0n) is 8.67. The van der Waals surface area contributed by atoms with E-state index in [1.165, 1.54) is 12.8 Å². The molecule has 2 N–H and O–H groups in total. The van der Waals surface area contributed by atoms with Gasteiger partial charge in [0.15, 0.2) is 0 Å². The molecular formula is C11H17NO3. The van der Waals surface area contributed by atoms with Crippen LogP contribution in [0.1, 0.15) is 18.6 Å². The Kier molecular flexibility index (Phi) is 3.41. The fourth-order valence-electron chi connectivity index (χ4n) is 1.71. The number of nitrogens with zero attached hydrogens (tertiary/aromatic N) is 1. The van der Waals surface area contributed by atoms with Gasteiger partial charge >= 0.3 is 0 Å². The lowest BCUT2D eigenvalue weighted by Gasteiger charge is -2.22. The van der Waals surface area contributed by atoms with Crippen molar-refractivity contribution in [2.45, 2.75) is 31.5 Å². The number of aliphatic hydroxyl groups is 2. The normalized spacial score (nSPS) is 18.3. The van der Waals surface area contributed by atoms with Crippen LogP contribution in [0.4, 0.5) is 0 Å². The molecule has 0 amide bonds. The van der Waals surface area contributed by atoms with Gasteiger partial charge in [0.1, 0.15) is 5.76 Å². The molecule has 4 nitrogen and oxygen atoms in total. The summed E-state index contributed by atoms with van der Waals surface area (Å²) < 4.78 is 5.27.